The van der Waals surface area contributed by atoms with Gasteiger partial charge in [0, 0.05) is 26.7 Å². The molecular weight excluding hydrogens is 242 g/mol. The van der Waals surface area contributed by atoms with Crippen molar-refractivity contribution in [2.75, 3.05) is 37.8 Å². The first kappa shape index (κ1) is 14.1. The summed E-state index contributed by atoms with van der Waals surface area (Å²) < 4.78 is 26.7. The summed E-state index contributed by atoms with van der Waals surface area (Å²) in [6.07, 6.45) is 0. The predicted molar refractivity (Wildman–Crippen MR) is 65.5 cm³/mol. The number of nitrogens with zero attached hydrogens (tertiary/aromatic N) is 2. The first-order valence-corrected chi connectivity index (χ1v) is 5.49. The van der Waals surface area contributed by atoms with Crippen LogP contribution in [0.3, 0.4) is 0 Å². The van der Waals surface area contributed by atoms with Crippen molar-refractivity contribution in [2.24, 2.45) is 0 Å². The average Bonchev–Trinajstić information content (AvgIpc) is 2.30. The van der Waals surface area contributed by atoms with Gasteiger partial charge in [-0.15, -0.1) is 0 Å². The summed E-state index contributed by atoms with van der Waals surface area (Å²) in [5, 5.41) is 5.20. The lowest BCUT2D eigenvalue weighted by molar-refractivity contribution is -0.126. The quantitative estimate of drug-likeness (QED) is 0.835. The lowest BCUT2D eigenvalue weighted by atomic mass is 10.4. The minimum atomic E-state index is -0.833. The van der Waals surface area contributed by atoms with Crippen molar-refractivity contribution in [2.45, 2.75) is 6.92 Å². The summed E-state index contributed by atoms with van der Waals surface area (Å²) in [5.41, 5.74) is 0. The molecule has 0 aliphatic rings. The van der Waals surface area contributed by atoms with Gasteiger partial charge in [-0.3, -0.25) is 4.79 Å². The predicted octanol–water partition coefficient (Wildman–Crippen LogP) is 1.29. The molecule has 100 valence electrons. The molecule has 1 aromatic rings. The zero-order chi connectivity index (χ0) is 13.7. The molecule has 18 heavy (non-hydrogen) atoms. The van der Waals surface area contributed by atoms with Gasteiger partial charge in [0.25, 0.3) is 0 Å². The highest BCUT2D eigenvalue weighted by Gasteiger charge is 2.12. The number of hydrogen-bond acceptors (Lipinski definition) is 4. The van der Waals surface area contributed by atoms with Crippen molar-refractivity contribution in [1.29, 1.82) is 0 Å². The van der Waals surface area contributed by atoms with Crippen LogP contribution in [0.5, 0.6) is 0 Å². The number of anilines is 2. The van der Waals surface area contributed by atoms with E-state index in [0.717, 1.165) is 6.07 Å². The lowest BCUT2D eigenvalue weighted by Gasteiger charge is -2.13. The number of likely N-dealkylation sites (N-methyl/N-ethyl adjacent to an activating group) is 1. The minimum absolute atomic E-state index is 0.0429. The number of hydrogen-bond donors (Lipinski definition) is 2. The van der Waals surface area contributed by atoms with Gasteiger partial charge in [-0.05, 0) is 6.92 Å². The smallest absolute Gasteiger partial charge is 0.241 e. The molecule has 0 spiro atoms. The molecule has 1 amide bonds. The number of rotatable bonds is 5. The average molecular weight is 258 g/mol. The van der Waals surface area contributed by atoms with Crippen LogP contribution in [-0.4, -0.2) is 43.0 Å². The zero-order valence-corrected chi connectivity index (χ0v) is 10.6. The van der Waals surface area contributed by atoms with Gasteiger partial charge in [0.1, 0.15) is 0 Å². The highest BCUT2D eigenvalue weighted by Crippen LogP contribution is 2.18. The summed E-state index contributed by atoms with van der Waals surface area (Å²) in [7, 11) is 3.17. The molecule has 0 atom stereocenters. The number of carbonyl (C=O) groups is 1. The molecule has 5 nitrogen and oxygen atoms in total. The third kappa shape index (κ3) is 3.54. The molecule has 7 heteroatoms. The van der Waals surface area contributed by atoms with Crippen LogP contribution in [0.25, 0.3) is 0 Å². The van der Waals surface area contributed by atoms with Crippen molar-refractivity contribution >= 4 is 17.5 Å². The van der Waals surface area contributed by atoms with Gasteiger partial charge in [-0.1, -0.05) is 0 Å². The fraction of sp³-hybridized carbons (Fsp3) is 0.455. The van der Waals surface area contributed by atoms with Crippen LogP contribution in [0.2, 0.25) is 0 Å². The van der Waals surface area contributed by atoms with Gasteiger partial charge in [0.15, 0.2) is 23.3 Å². The van der Waals surface area contributed by atoms with E-state index >= 15 is 0 Å². The zero-order valence-electron chi connectivity index (χ0n) is 10.6. The van der Waals surface area contributed by atoms with E-state index in [0.29, 0.717) is 6.54 Å². The van der Waals surface area contributed by atoms with Crippen LogP contribution in [0.4, 0.5) is 20.4 Å². The van der Waals surface area contributed by atoms with Gasteiger partial charge >= 0.3 is 0 Å². The van der Waals surface area contributed by atoms with Crippen molar-refractivity contribution in [1.82, 2.24) is 9.88 Å². The summed E-state index contributed by atoms with van der Waals surface area (Å²) >= 11 is 0. The van der Waals surface area contributed by atoms with Gasteiger partial charge in [-0.2, -0.15) is 0 Å². The second-order valence-corrected chi connectivity index (χ2v) is 3.82. The number of halogens is 2. The Hall–Kier alpha value is -1.92. The first-order valence-electron chi connectivity index (χ1n) is 5.49. The lowest BCUT2D eigenvalue weighted by Crippen LogP contribution is -2.29. The van der Waals surface area contributed by atoms with Gasteiger partial charge in [0.2, 0.25) is 5.91 Å². The molecule has 0 aliphatic carbocycles. The highest BCUT2D eigenvalue weighted by molar-refractivity contribution is 5.80. The maximum Gasteiger partial charge on any atom is 0.241 e. The van der Waals surface area contributed by atoms with Gasteiger partial charge < -0.3 is 15.5 Å². The second kappa shape index (κ2) is 6.13. The Balaban J connectivity index is 2.82. The number of carbonyl (C=O) groups excluding carboxylic acids is 1. The molecule has 0 fully saturated rings. The Kier molecular flexibility index (Phi) is 4.82. The Labute approximate surface area is 104 Å². The molecule has 0 radical (unpaired) electrons. The topological polar surface area (TPSA) is 57.3 Å². The maximum atomic E-state index is 13.4. The van der Waals surface area contributed by atoms with Crippen LogP contribution < -0.4 is 10.6 Å². The minimum Gasteiger partial charge on any atom is -0.368 e. The third-order valence-corrected chi connectivity index (χ3v) is 2.18. The molecular formula is C11H16F2N4O. The largest absolute Gasteiger partial charge is 0.368 e. The van der Waals surface area contributed by atoms with E-state index in [1.54, 1.807) is 21.0 Å². The Morgan fingerprint density at radius 3 is 2.33 bits per heavy atom. The Morgan fingerprint density at radius 2 is 1.83 bits per heavy atom. The molecule has 0 unspecified atom stereocenters. The third-order valence-electron chi connectivity index (χ3n) is 2.18. The molecule has 0 saturated heterocycles. The van der Waals surface area contributed by atoms with Gasteiger partial charge in [-0.25, -0.2) is 13.8 Å². The number of aromatic nitrogens is 1. The molecule has 0 bridgehead atoms. The molecule has 2 N–H and O–H groups in total. The Morgan fingerprint density at radius 1 is 1.28 bits per heavy atom. The summed E-state index contributed by atoms with van der Waals surface area (Å²) in [6, 6.07) is 0.730. The summed E-state index contributed by atoms with van der Waals surface area (Å²) in [6.45, 7) is 2.13. The van der Waals surface area contributed by atoms with E-state index in [-0.39, 0.29) is 24.1 Å². The van der Waals surface area contributed by atoms with Crippen LogP contribution in [0.1, 0.15) is 6.92 Å². The fourth-order valence-electron chi connectivity index (χ4n) is 1.20. The fourth-order valence-corrected chi connectivity index (χ4v) is 1.20. The van der Waals surface area contributed by atoms with E-state index in [1.165, 1.54) is 4.90 Å². The van der Waals surface area contributed by atoms with E-state index in [2.05, 4.69) is 15.6 Å². The number of amides is 1. The highest BCUT2D eigenvalue weighted by atomic mass is 19.1. The van der Waals surface area contributed by atoms with E-state index < -0.39 is 11.6 Å². The molecule has 1 rings (SSSR count). The Bertz CT molecular complexity index is 437. The standard InChI is InChI=1S/C11H16F2N4O/c1-4-14-10-7(12)5-8(13)11(16-10)15-6-9(18)17(2)3/h5H,4,6H2,1-3H3,(H2,14,15,16). The van der Waals surface area contributed by atoms with Crippen LogP contribution in [0.15, 0.2) is 6.07 Å². The number of pyridine rings is 1. The summed E-state index contributed by atoms with van der Waals surface area (Å²) in [5.74, 6) is -2.02. The normalized spacial score (nSPS) is 10.1. The SMILES string of the molecule is CCNc1nc(NCC(=O)N(C)C)c(F)cc1F. The number of nitrogens with one attached hydrogen (secondary N) is 2. The van der Waals surface area contributed by atoms with E-state index in [9.17, 15) is 13.6 Å². The van der Waals surface area contributed by atoms with Gasteiger partial charge in [0.05, 0.1) is 6.54 Å². The van der Waals surface area contributed by atoms with E-state index in [1.807, 2.05) is 0 Å². The van der Waals surface area contributed by atoms with Crippen molar-refractivity contribution in [3.8, 4) is 0 Å². The van der Waals surface area contributed by atoms with Crippen molar-refractivity contribution in [3.63, 3.8) is 0 Å². The molecule has 1 aromatic heterocycles. The van der Waals surface area contributed by atoms with E-state index in [4.69, 9.17) is 0 Å². The molecule has 0 aromatic carbocycles. The first-order chi connectivity index (χ1) is 8.45. The van der Waals surface area contributed by atoms with Crippen molar-refractivity contribution < 1.29 is 13.6 Å². The second-order valence-electron chi connectivity index (χ2n) is 3.82. The maximum absolute atomic E-state index is 13.4. The van der Waals surface area contributed by atoms with Crippen LogP contribution in [-0.2, 0) is 4.79 Å². The van der Waals surface area contributed by atoms with Crippen LogP contribution >= 0.6 is 0 Å². The monoisotopic (exact) mass is 258 g/mol. The van der Waals surface area contributed by atoms with Crippen LogP contribution in [0, 0.1) is 11.6 Å². The molecule has 0 saturated carbocycles. The summed E-state index contributed by atoms with van der Waals surface area (Å²) in [4.78, 5) is 16.4. The molecule has 0 aliphatic heterocycles. The molecule has 1 heterocycles. The van der Waals surface area contributed by atoms with Crippen molar-refractivity contribution in [3.05, 3.63) is 17.7 Å².